The Morgan fingerprint density at radius 3 is 2.50 bits per heavy atom. The third-order valence-corrected chi connectivity index (χ3v) is 2.58. The quantitative estimate of drug-likeness (QED) is 0.439. The van der Waals surface area contributed by atoms with Crippen molar-refractivity contribution in [1.29, 1.82) is 0 Å². The lowest BCUT2D eigenvalue weighted by Gasteiger charge is -2.17. The number of nitrogens with zero attached hydrogens (tertiary/aromatic N) is 2. The van der Waals surface area contributed by atoms with Crippen LogP contribution < -0.4 is 21.9 Å². The lowest BCUT2D eigenvalue weighted by Crippen LogP contribution is -2.41. The fourth-order valence-electron chi connectivity index (χ4n) is 1.68. The molecule has 0 spiro atoms. The summed E-state index contributed by atoms with van der Waals surface area (Å²) in [6.45, 7) is 7.68. The van der Waals surface area contributed by atoms with Gasteiger partial charge in [-0.2, -0.15) is 0 Å². The summed E-state index contributed by atoms with van der Waals surface area (Å²) in [4.78, 5) is 20.5. The molecule has 1 unspecified atom stereocenters. The average molecular weight is 280 g/mol. The number of anilines is 2. The van der Waals surface area contributed by atoms with E-state index in [0.29, 0.717) is 17.5 Å². The number of carbonyl (C=O) groups is 1. The van der Waals surface area contributed by atoms with Gasteiger partial charge in [0.2, 0.25) is 5.91 Å². The zero-order valence-corrected chi connectivity index (χ0v) is 12.5. The molecule has 1 amide bonds. The minimum absolute atomic E-state index is 0.0714. The Labute approximate surface area is 119 Å². The van der Waals surface area contributed by atoms with Gasteiger partial charge < -0.3 is 16.1 Å². The zero-order chi connectivity index (χ0) is 15.1. The topological polar surface area (TPSA) is 105 Å². The Hall–Kier alpha value is -1.89. The molecule has 0 aliphatic rings. The van der Waals surface area contributed by atoms with Crippen LogP contribution in [0.3, 0.4) is 0 Å². The third kappa shape index (κ3) is 5.00. The maximum atomic E-state index is 11.9. The summed E-state index contributed by atoms with van der Waals surface area (Å²) in [5.74, 6) is 7.13. The summed E-state index contributed by atoms with van der Waals surface area (Å²) in [6.07, 6.45) is 1.70. The summed E-state index contributed by atoms with van der Waals surface area (Å²) < 4.78 is 0. The van der Waals surface area contributed by atoms with E-state index in [4.69, 9.17) is 5.84 Å². The summed E-state index contributed by atoms with van der Waals surface area (Å²) in [5, 5.41) is 5.91. The van der Waals surface area contributed by atoms with E-state index in [-0.39, 0.29) is 18.0 Å². The molecular formula is C13H24N6O. The predicted molar refractivity (Wildman–Crippen MR) is 80.2 cm³/mol. The predicted octanol–water partition coefficient (Wildman–Crippen LogP) is 1.04. The molecule has 0 aromatic carbocycles. The third-order valence-electron chi connectivity index (χ3n) is 2.58. The first-order chi connectivity index (χ1) is 9.46. The summed E-state index contributed by atoms with van der Waals surface area (Å²) in [5.41, 5.74) is 2.51. The highest BCUT2D eigenvalue weighted by atomic mass is 16.2. The molecular weight excluding hydrogens is 256 g/mol. The number of carbonyl (C=O) groups excluding carboxylic acids is 1. The van der Waals surface area contributed by atoms with Crippen molar-refractivity contribution in [1.82, 2.24) is 15.3 Å². The van der Waals surface area contributed by atoms with Gasteiger partial charge in [0.15, 0.2) is 0 Å². The van der Waals surface area contributed by atoms with Crippen LogP contribution in [0.5, 0.6) is 0 Å². The number of amides is 1. The van der Waals surface area contributed by atoms with Crippen molar-refractivity contribution in [2.45, 2.75) is 52.6 Å². The molecule has 0 bridgehead atoms. The smallest absolute Gasteiger partial charge is 0.242 e. The number of nitrogens with one attached hydrogen (secondary N) is 3. The van der Waals surface area contributed by atoms with Crippen molar-refractivity contribution < 1.29 is 4.79 Å². The van der Waals surface area contributed by atoms with Crippen LogP contribution >= 0.6 is 0 Å². The van der Waals surface area contributed by atoms with Crippen LogP contribution in [0.2, 0.25) is 0 Å². The van der Waals surface area contributed by atoms with E-state index in [9.17, 15) is 4.79 Å². The summed E-state index contributed by atoms with van der Waals surface area (Å²) in [6, 6.07) is 1.40. The van der Waals surface area contributed by atoms with Gasteiger partial charge in [0.05, 0.1) is 0 Å². The van der Waals surface area contributed by atoms with Crippen molar-refractivity contribution in [3.05, 3.63) is 11.9 Å². The van der Waals surface area contributed by atoms with Gasteiger partial charge in [0.1, 0.15) is 23.5 Å². The molecule has 0 fully saturated rings. The highest BCUT2D eigenvalue weighted by molar-refractivity contribution is 5.84. The molecule has 7 heteroatoms. The fraction of sp³-hybridized carbons (Fsp3) is 0.615. The van der Waals surface area contributed by atoms with Gasteiger partial charge in [-0.3, -0.25) is 4.79 Å². The van der Waals surface area contributed by atoms with Gasteiger partial charge in [-0.1, -0.05) is 6.92 Å². The minimum atomic E-state index is -0.382. The molecule has 1 aromatic heterocycles. The Morgan fingerprint density at radius 1 is 1.30 bits per heavy atom. The number of hydrazine groups is 1. The van der Waals surface area contributed by atoms with Crippen molar-refractivity contribution >= 4 is 17.5 Å². The van der Waals surface area contributed by atoms with Crippen LogP contribution in [-0.4, -0.2) is 28.0 Å². The SMILES string of the molecule is CCCc1nc(NN)cc(NC(C)C(=O)NC(C)C)n1. The maximum absolute atomic E-state index is 11.9. The van der Waals surface area contributed by atoms with E-state index < -0.39 is 0 Å². The van der Waals surface area contributed by atoms with Crippen LogP contribution in [-0.2, 0) is 11.2 Å². The second-order valence-electron chi connectivity index (χ2n) is 4.98. The van der Waals surface area contributed by atoms with Gasteiger partial charge in [0.25, 0.3) is 0 Å². The second-order valence-corrected chi connectivity index (χ2v) is 4.98. The summed E-state index contributed by atoms with van der Waals surface area (Å²) in [7, 11) is 0. The monoisotopic (exact) mass is 280 g/mol. The number of rotatable bonds is 7. The number of aromatic nitrogens is 2. The van der Waals surface area contributed by atoms with Crippen molar-refractivity contribution in [3.63, 3.8) is 0 Å². The Kier molecular flexibility index (Phi) is 6.17. The van der Waals surface area contributed by atoms with E-state index in [1.54, 1.807) is 13.0 Å². The molecule has 20 heavy (non-hydrogen) atoms. The van der Waals surface area contributed by atoms with Gasteiger partial charge >= 0.3 is 0 Å². The average Bonchev–Trinajstić information content (AvgIpc) is 2.37. The van der Waals surface area contributed by atoms with E-state index in [1.807, 2.05) is 13.8 Å². The lowest BCUT2D eigenvalue weighted by atomic mass is 10.2. The highest BCUT2D eigenvalue weighted by Crippen LogP contribution is 2.12. The molecule has 7 nitrogen and oxygen atoms in total. The first-order valence-electron chi connectivity index (χ1n) is 6.87. The zero-order valence-electron chi connectivity index (χ0n) is 12.5. The van der Waals surface area contributed by atoms with Gasteiger partial charge in [-0.05, 0) is 27.2 Å². The van der Waals surface area contributed by atoms with Crippen molar-refractivity contribution in [2.75, 3.05) is 10.7 Å². The van der Waals surface area contributed by atoms with Crippen LogP contribution in [0.1, 0.15) is 39.9 Å². The molecule has 0 aliphatic heterocycles. The highest BCUT2D eigenvalue weighted by Gasteiger charge is 2.14. The van der Waals surface area contributed by atoms with E-state index >= 15 is 0 Å². The molecule has 1 aromatic rings. The Morgan fingerprint density at radius 2 is 1.95 bits per heavy atom. The Balaban J connectivity index is 2.80. The molecule has 1 heterocycles. The molecule has 1 rings (SSSR count). The first kappa shape index (κ1) is 16.2. The number of nitrogen functional groups attached to an aromatic ring is 1. The van der Waals surface area contributed by atoms with E-state index in [1.165, 1.54) is 0 Å². The fourth-order valence-corrected chi connectivity index (χ4v) is 1.68. The lowest BCUT2D eigenvalue weighted by molar-refractivity contribution is -0.122. The number of hydrogen-bond acceptors (Lipinski definition) is 6. The van der Waals surface area contributed by atoms with Gasteiger partial charge in [-0.25, -0.2) is 15.8 Å². The van der Waals surface area contributed by atoms with Crippen molar-refractivity contribution in [2.24, 2.45) is 5.84 Å². The van der Waals surface area contributed by atoms with Crippen LogP contribution in [0.25, 0.3) is 0 Å². The van der Waals surface area contributed by atoms with E-state index in [2.05, 4.69) is 33.0 Å². The molecule has 112 valence electrons. The second kappa shape index (κ2) is 7.64. The minimum Gasteiger partial charge on any atom is -0.358 e. The molecule has 0 saturated carbocycles. The normalized spacial score (nSPS) is 12.1. The number of hydrogen-bond donors (Lipinski definition) is 4. The van der Waals surface area contributed by atoms with Crippen molar-refractivity contribution in [3.8, 4) is 0 Å². The summed E-state index contributed by atoms with van der Waals surface area (Å²) >= 11 is 0. The number of nitrogens with two attached hydrogens (primary N) is 1. The van der Waals surface area contributed by atoms with Crippen LogP contribution in [0.4, 0.5) is 11.6 Å². The largest absolute Gasteiger partial charge is 0.358 e. The maximum Gasteiger partial charge on any atom is 0.242 e. The van der Waals surface area contributed by atoms with Gasteiger partial charge in [0, 0.05) is 18.5 Å². The molecule has 0 radical (unpaired) electrons. The van der Waals surface area contributed by atoms with Gasteiger partial charge in [-0.15, -0.1) is 0 Å². The Bertz CT molecular complexity index is 448. The molecule has 5 N–H and O–H groups in total. The molecule has 0 saturated heterocycles. The first-order valence-corrected chi connectivity index (χ1v) is 6.87. The van der Waals surface area contributed by atoms with Crippen LogP contribution in [0.15, 0.2) is 6.07 Å². The van der Waals surface area contributed by atoms with Crippen LogP contribution in [0, 0.1) is 0 Å². The van der Waals surface area contributed by atoms with E-state index in [0.717, 1.165) is 12.8 Å². The molecule has 0 aliphatic carbocycles. The molecule has 1 atom stereocenters. The standard InChI is InChI=1S/C13H24N6O/c1-5-6-10-17-11(7-12(18-10)19-14)16-9(4)13(20)15-8(2)3/h7-9H,5-6,14H2,1-4H3,(H,15,20)(H2,16,17,18,19). The number of aryl methyl sites for hydroxylation is 1.